The van der Waals surface area contributed by atoms with Gasteiger partial charge in [-0.1, -0.05) is 0 Å². The van der Waals surface area contributed by atoms with E-state index in [-0.39, 0.29) is 0 Å². The van der Waals surface area contributed by atoms with E-state index in [0.717, 1.165) is 0 Å². The molecule has 7 heteroatoms. The van der Waals surface area contributed by atoms with Crippen molar-refractivity contribution < 1.29 is 35.0 Å². The highest BCUT2D eigenvalue weighted by Crippen LogP contribution is 2.52. The molecule has 5 N–H and O–H groups in total. The van der Waals surface area contributed by atoms with Crippen molar-refractivity contribution in [3.05, 3.63) is 0 Å². The van der Waals surface area contributed by atoms with Crippen LogP contribution in [0.4, 0.5) is 0 Å². The van der Waals surface area contributed by atoms with E-state index in [0.29, 0.717) is 0 Å². The summed E-state index contributed by atoms with van der Waals surface area (Å²) in [6, 6.07) is 0. The molecule has 7 nitrogen and oxygen atoms in total. The van der Waals surface area contributed by atoms with Crippen LogP contribution in [0.25, 0.3) is 0 Å². The minimum atomic E-state index is -2.31. The van der Waals surface area contributed by atoms with Gasteiger partial charge in [-0.2, -0.15) is 0 Å². The summed E-state index contributed by atoms with van der Waals surface area (Å²) in [7, 11) is 0. The maximum Gasteiger partial charge on any atom is 0.344 e. The first-order valence-electron chi connectivity index (χ1n) is 3.74. The monoisotopic (exact) mass is 194 g/mol. The fourth-order valence-electron chi connectivity index (χ4n) is 1.40. The topological polar surface area (TPSA) is 123 Å². The van der Waals surface area contributed by atoms with E-state index in [1.807, 2.05) is 0 Å². The minimum absolute atomic E-state index is 0.597. The van der Waals surface area contributed by atoms with Crippen molar-refractivity contribution in [3.8, 4) is 0 Å². The third kappa shape index (κ3) is 0.974. The lowest BCUT2D eigenvalue weighted by Crippen LogP contribution is -2.58. The largest absolute Gasteiger partial charge is 0.394 e. The van der Waals surface area contributed by atoms with Gasteiger partial charge in [-0.3, -0.25) is 4.74 Å². The van der Waals surface area contributed by atoms with Crippen molar-refractivity contribution in [2.45, 2.75) is 30.1 Å². The molecule has 76 valence electrons. The highest BCUT2D eigenvalue weighted by atomic mass is 17.0. The lowest BCUT2D eigenvalue weighted by Gasteiger charge is -2.32. The summed E-state index contributed by atoms with van der Waals surface area (Å²) in [5.74, 6) is -4.59. The van der Waals surface area contributed by atoms with E-state index < -0.39 is 36.7 Å². The quantitative estimate of drug-likeness (QED) is 0.274. The fourth-order valence-corrected chi connectivity index (χ4v) is 1.40. The van der Waals surface area contributed by atoms with E-state index in [2.05, 4.69) is 9.47 Å². The Labute approximate surface area is 72.8 Å². The molecule has 2 aliphatic rings. The van der Waals surface area contributed by atoms with Crippen molar-refractivity contribution in [2.24, 2.45) is 0 Å². The predicted molar refractivity (Wildman–Crippen MR) is 35.0 cm³/mol. The van der Waals surface area contributed by atoms with Gasteiger partial charge in [0.2, 0.25) is 0 Å². The van der Waals surface area contributed by atoms with Crippen LogP contribution in [0, 0.1) is 0 Å². The Hall–Kier alpha value is -0.280. The van der Waals surface area contributed by atoms with E-state index in [4.69, 9.17) is 5.11 Å². The zero-order valence-corrected chi connectivity index (χ0v) is 6.49. The predicted octanol–water partition coefficient (Wildman–Crippen LogP) is -3.54. The summed E-state index contributed by atoms with van der Waals surface area (Å²) >= 11 is 0. The Kier molecular flexibility index (Phi) is 1.71. The molecule has 0 radical (unpaired) electrons. The van der Waals surface area contributed by atoms with E-state index >= 15 is 0 Å². The third-order valence-electron chi connectivity index (χ3n) is 2.30. The smallest absolute Gasteiger partial charge is 0.344 e. The molecule has 0 aromatic rings. The van der Waals surface area contributed by atoms with Crippen LogP contribution in [-0.2, 0) is 9.47 Å². The summed E-state index contributed by atoms with van der Waals surface area (Å²) in [5, 5.41) is 45.6. The standard InChI is InChI=1S/C6H10O7/c7-1-2-3(8)4(9)5(10)6(11,12-2)13-5/h2-4,7-11H,1H2/t2-,3-,4+,5+,6+/m1/s1. The number of ether oxygens (including phenoxy) is 2. The molecule has 0 aromatic carbocycles. The molecule has 2 fully saturated rings. The van der Waals surface area contributed by atoms with E-state index in [1.54, 1.807) is 0 Å². The van der Waals surface area contributed by atoms with Crippen molar-refractivity contribution in [3.63, 3.8) is 0 Å². The number of hydrogen-bond donors (Lipinski definition) is 5. The van der Waals surface area contributed by atoms with Crippen LogP contribution in [-0.4, -0.2) is 62.2 Å². The molecule has 0 amide bonds. The van der Waals surface area contributed by atoms with Crippen LogP contribution in [0.15, 0.2) is 0 Å². The van der Waals surface area contributed by atoms with Gasteiger partial charge in [0.15, 0.2) is 0 Å². The van der Waals surface area contributed by atoms with Gasteiger partial charge in [0, 0.05) is 0 Å². The first kappa shape index (κ1) is 9.28. The molecule has 5 atom stereocenters. The summed E-state index contributed by atoms with van der Waals surface area (Å²) in [6.45, 7) is -0.597. The normalized spacial score (nSPS) is 60.2. The maximum atomic E-state index is 9.27. The van der Waals surface area contributed by atoms with Gasteiger partial charge in [-0.15, -0.1) is 0 Å². The number of rotatable bonds is 1. The molecule has 13 heavy (non-hydrogen) atoms. The average molecular weight is 194 g/mol. The highest BCUT2D eigenvalue weighted by molar-refractivity contribution is 5.07. The zero-order valence-electron chi connectivity index (χ0n) is 6.49. The zero-order chi connectivity index (χ0) is 9.85. The SMILES string of the molecule is OC[C@H]1O[C@]2(O)O[C@@]2(O)[C@@H](O)[C@@H]1O. The first-order valence-corrected chi connectivity index (χ1v) is 3.74. The second-order valence-electron chi connectivity index (χ2n) is 3.15. The van der Waals surface area contributed by atoms with Gasteiger partial charge in [-0.25, -0.2) is 0 Å². The number of epoxide rings is 1. The van der Waals surface area contributed by atoms with Gasteiger partial charge in [-0.05, 0) is 0 Å². The molecule has 0 spiro atoms. The number of hydrogen-bond acceptors (Lipinski definition) is 7. The summed E-state index contributed by atoms with van der Waals surface area (Å²) < 4.78 is 8.94. The van der Waals surface area contributed by atoms with E-state index in [1.165, 1.54) is 0 Å². The van der Waals surface area contributed by atoms with Crippen LogP contribution in [0.5, 0.6) is 0 Å². The number of aliphatic hydroxyl groups is 5. The lowest BCUT2D eigenvalue weighted by molar-refractivity contribution is -0.294. The van der Waals surface area contributed by atoms with Crippen molar-refractivity contribution in [1.82, 2.24) is 0 Å². The molecule has 0 saturated carbocycles. The number of aliphatic hydroxyl groups excluding tert-OH is 3. The second kappa shape index (κ2) is 2.39. The molecule has 2 rings (SSSR count). The van der Waals surface area contributed by atoms with Crippen molar-refractivity contribution in [1.29, 1.82) is 0 Å². The van der Waals surface area contributed by atoms with Crippen LogP contribution in [0.1, 0.15) is 0 Å². The van der Waals surface area contributed by atoms with Crippen LogP contribution in [0.2, 0.25) is 0 Å². The Balaban J connectivity index is 2.21. The molecule has 2 aliphatic heterocycles. The molecular weight excluding hydrogens is 184 g/mol. The van der Waals surface area contributed by atoms with Crippen LogP contribution < -0.4 is 0 Å². The van der Waals surface area contributed by atoms with Gasteiger partial charge in [0.1, 0.15) is 18.3 Å². The molecule has 0 aliphatic carbocycles. The summed E-state index contributed by atoms with van der Waals surface area (Å²) in [6.07, 6.45) is -4.39. The summed E-state index contributed by atoms with van der Waals surface area (Å²) in [4.78, 5) is 0. The first-order chi connectivity index (χ1) is 5.94. The van der Waals surface area contributed by atoms with Crippen molar-refractivity contribution in [2.75, 3.05) is 6.61 Å². The molecule has 2 saturated heterocycles. The third-order valence-corrected chi connectivity index (χ3v) is 2.30. The second-order valence-corrected chi connectivity index (χ2v) is 3.15. The highest BCUT2D eigenvalue weighted by Gasteiger charge is 2.81. The maximum absolute atomic E-state index is 9.27. The Morgan fingerprint density at radius 1 is 1.23 bits per heavy atom. The molecular formula is C6H10O7. The average Bonchev–Trinajstić information content (AvgIpc) is 2.64. The van der Waals surface area contributed by atoms with Gasteiger partial charge in [0.25, 0.3) is 5.79 Å². The fraction of sp³-hybridized carbons (Fsp3) is 1.00. The van der Waals surface area contributed by atoms with Gasteiger partial charge < -0.3 is 30.3 Å². The van der Waals surface area contributed by atoms with Crippen LogP contribution >= 0.6 is 0 Å². The number of fused-ring (bicyclic) bond motifs is 1. The summed E-state index contributed by atoms with van der Waals surface area (Å²) in [5.41, 5.74) is 0. The van der Waals surface area contributed by atoms with Crippen LogP contribution in [0.3, 0.4) is 0 Å². The van der Waals surface area contributed by atoms with Crippen molar-refractivity contribution >= 4 is 0 Å². The Bertz CT molecular complexity index is 233. The Morgan fingerprint density at radius 3 is 2.38 bits per heavy atom. The molecule has 0 aromatic heterocycles. The lowest BCUT2D eigenvalue weighted by atomic mass is 9.99. The minimum Gasteiger partial charge on any atom is -0.394 e. The molecule has 0 unspecified atom stereocenters. The van der Waals surface area contributed by atoms with E-state index in [9.17, 15) is 20.4 Å². The molecule has 0 bridgehead atoms. The van der Waals surface area contributed by atoms with Gasteiger partial charge >= 0.3 is 5.97 Å². The van der Waals surface area contributed by atoms with Gasteiger partial charge in [0.05, 0.1) is 6.61 Å². The Morgan fingerprint density at radius 2 is 1.85 bits per heavy atom. The molecule has 2 heterocycles.